The molecule has 4 rings (SSSR count). The number of carbonyl (C=O) groups excluding carboxylic acids is 2. The standard InChI is InChI=1S/C31H38N2O8/c1-4-5-9-26(36)33(12-10-19-7-6-8-21(14-19)39-2)24-17-23(31(38)32-11-13-34)27-22-15-20(18-35)16-25(40-3)29(22)41-30(27)28(24)37/h5-9,14-17,24,27-28,30,34-35,37H,4,10-13,18H2,1-3H3,(H,32,38)/t24-,27+,28+,30+/m1/s1. The molecule has 4 atom stereocenters. The van der Waals surface area contributed by atoms with Crippen LogP contribution >= 0.6 is 0 Å². The number of nitrogens with one attached hydrogen (secondary N) is 1. The van der Waals surface area contributed by atoms with Crippen LogP contribution in [0.4, 0.5) is 0 Å². The van der Waals surface area contributed by atoms with Gasteiger partial charge >= 0.3 is 0 Å². The van der Waals surface area contributed by atoms with Crippen molar-refractivity contribution >= 4 is 11.8 Å². The molecule has 0 fully saturated rings. The Bertz CT molecular complexity index is 1310. The Morgan fingerprint density at radius 3 is 2.61 bits per heavy atom. The SMILES string of the molecule is CCC=CC(=O)N(CCc1cccc(OC)c1)[C@@H]1C=C(C(=O)NCCO)[C@@H]2c3cc(CO)cc(OC)c3O[C@@H]2[C@H]1O. The number of allylic oxidation sites excluding steroid dienone is 1. The third-order valence-electron chi connectivity index (χ3n) is 7.41. The molecule has 0 saturated heterocycles. The number of fused-ring (bicyclic) bond motifs is 3. The molecule has 1 aliphatic carbocycles. The smallest absolute Gasteiger partial charge is 0.247 e. The Kier molecular flexibility index (Phi) is 10.0. The molecule has 0 saturated carbocycles. The fourth-order valence-corrected chi connectivity index (χ4v) is 5.42. The third-order valence-corrected chi connectivity index (χ3v) is 7.41. The Morgan fingerprint density at radius 1 is 1.12 bits per heavy atom. The molecule has 1 heterocycles. The summed E-state index contributed by atoms with van der Waals surface area (Å²) in [6, 6.07) is 10.0. The minimum absolute atomic E-state index is 0.0339. The maximum absolute atomic E-state index is 13.5. The second-order valence-electron chi connectivity index (χ2n) is 9.96. The molecule has 0 unspecified atom stereocenters. The van der Waals surface area contributed by atoms with Gasteiger partial charge in [-0.1, -0.05) is 25.1 Å². The van der Waals surface area contributed by atoms with Crippen LogP contribution in [0.1, 0.15) is 36.0 Å². The number of ether oxygens (including phenoxy) is 3. The molecule has 0 bridgehead atoms. The number of rotatable bonds is 12. The van der Waals surface area contributed by atoms with Crippen molar-refractivity contribution in [1.82, 2.24) is 10.2 Å². The van der Waals surface area contributed by atoms with Gasteiger partial charge in [-0.15, -0.1) is 0 Å². The molecule has 2 aromatic carbocycles. The zero-order valence-corrected chi connectivity index (χ0v) is 23.6. The minimum Gasteiger partial charge on any atom is -0.497 e. The average molecular weight is 567 g/mol. The van der Waals surface area contributed by atoms with Crippen LogP contribution in [0.3, 0.4) is 0 Å². The number of amides is 2. The number of carbonyl (C=O) groups is 2. The fourth-order valence-electron chi connectivity index (χ4n) is 5.42. The van der Waals surface area contributed by atoms with Crippen molar-refractivity contribution in [2.24, 2.45) is 0 Å². The number of nitrogens with zero attached hydrogens (tertiary/aromatic N) is 1. The van der Waals surface area contributed by atoms with Crippen molar-refractivity contribution in [1.29, 1.82) is 0 Å². The molecule has 2 aliphatic rings. The highest BCUT2D eigenvalue weighted by atomic mass is 16.5. The fraction of sp³-hybridized carbons (Fsp3) is 0.419. The number of methoxy groups -OCH3 is 2. The maximum atomic E-state index is 13.5. The van der Waals surface area contributed by atoms with Gasteiger partial charge in [0.2, 0.25) is 11.8 Å². The highest BCUT2D eigenvalue weighted by Gasteiger charge is 2.51. The number of hydrogen-bond donors (Lipinski definition) is 4. The summed E-state index contributed by atoms with van der Waals surface area (Å²) in [5.41, 5.74) is 2.41. The number of hydrogen-bond acceptors (Lipinski definition) is 8. The summed E-state index contributed by atoms with van der Waals surface area (Å²) in [5, 5.41) is 33.6. The summed E-state index contributed by atoms with van der Waals surface area (Å²) >= 11 is 0. The Hall–Kier alpha value is -3.86. The van der Waals surface area contributed by atoms with Crippen LogP contribution in [0.5, 0.6) is 17.2 Å². The highest BCUT2D eigenvalue weighted by Crippen LogP contribution is 2.51. The van der Waals surface area contributed by atoms with E-state index in [2.05, 4.69) is 5.32 Å². The highest BCUT2D eigenvalue weighted by molar-refractivity contribution is 5.96. The zero-order valence-electron chi connectivity index (χ0n) is 23.6. The van der Waals surface area contributed by atoms with Crippen molar-refractivity contribution in [2.75, 3.05) is 33.9 Å². The first-order valence-electron chi connectivity index (χ1n) is 13.7. The Labute approximate surface area is 239 Å². The summed E-state index contributed by atoms with van der Waals surface area (Å²) < 4.78 is 17.1. The van der Waals surface area contributed by atoms with E-state index in [0.717, 1.165) is 5.56 Å². The van der Waals surface area contributed by atoms with Gasteiger partial charge in [-0.25, -0.2) is 0 Å². The first-order valence-corrected chi connectivity index (χ1v) is 13.7. The molecule has 0 aromatic heterocycles. The van der Waals surface area contributed by atoms with Crippen LogP contribution < -0.4 is 19.5 Å². The van der Waals surface area contributed by atoms with Gasteiger partial charge in [0, 0.05) is 24.2 Å². The number of aliphatic hydroxyl groups excluding tert-OH is 3. The summed E-state index contributed by atoms with van der Waals surface area (Å²) in [7, 11) is 3.07. The van der Waals surface area contributed by atoms with Crippen molar-refractivity contribution < 1.29 is 39.1 Å². The summed E-state index contributed by atoms with van der Waals surface area (Å²) in [5.74, 6) is 0.0103. The summed E-state index contributed by atoms with van der Waals surface area (Å²) in [6.07, 6.45) is 3.90. The molecular weight excluding hydrogens is 528 g/mol. The van der Waals surface area contributed by atoms with Crippen LogP contribution in [-0.4, -0.2) is 84.2 Å². The van der Waals surface area contributed by atoms with Crippen molar-refractivity contribution in [3.63, 3.8) is 0 Å². The van der Waals surface area contributed by atoms with E-state index in [1.807, 2.05) is 31.2 Å². The molecule has 0 radical (unpaired) electrons. The molecule has 10 heteroatoms. The maximum Gasteiger partial charge on any atom is 0.247 e. The van der Waals surface area contributed by atoms with Crippen LogP contribution in [-0.2, 0) is 22.6 Å². The van der Waals surface area contributed by atoms with E-state index >= 15 is 0 Å². The van der Waals surface area contributed by atoms with Crippen molar-refractivity contribution in [2.45, 2.75) is 50.5 Å². The van der Waals surface area contributed by atoms with Crippen LogP contribution in [0, 0.1) is 0 Å². The topological polar surface area (TPSA) is 138 Å². The second-order valence-corrected chi connectivity index (χ2v) is 9.96. The van der Waals surface area contributed by atoms with Gasteiger partial charge in [0.1, 0.15) is 18.0 Å². The molecule has 41 heavy (non-hydrogen) atoms. The quantitative estimate of drug-likeness (QED) is 0.286. The first kappa shape index (κ1) is 30.1. The van der Waals surface area contributed by atoms with Crippen LogP contribution in [0.15, 0.2) is 60.2 Å². The molecule has 1 aliphatic heterocycles. The lowest BCUT2D eigenvalue weighted by molar-refractivity contribution is -0.132. The predicted octanol–water partition coefficient (Wildman–Crippen LogP) is 1.86. The van der Waals surface area contributed by atoms with E-state index in [4.69, 9.17) is 14.2 Å². The lowest BCUT2D eigenvalue weighted by atomic mass is 9.77. The molecule has 2 amide bonds. The lowest BCUT2D eigenvalue weighted by Crippen LogP contribution is -2.56. The van der Waals surface area contributed by atoms with Gasteiger partial charge in [0.15, 0.2) is 11.5 Å². The van der Waals surface area contributed by atoms with Gasteiger partial charge in [-0.2, -0.15) is 0 Å². The summed E-state index contributed by atoms with van der Waals surface area (Å²) in [4.78, 5) is 28.5. The van der Waals surface area contributed by atoms with Gasteiger partial charge in [0.25, 0.3) is 0 Å². The Balaban J connectivity index is 1.77. The minimum atomic E-state index is -1.19. The largest absolute Gasteiger partial charge is 0.497 e. The third kappa shape index (κ3) is 6.40. The normalized spacial score (nSPS) is 21.0. The monoisotopic (exact) mass is 566 g/mol. The van der Waals surface area contributed by atoms with Crippen molar-refractivity contribution in [3.8, 4) is 17.2 Å². The predicted molar refractivity (Wildman–Crippen MR) is 152 cm³/mol. The molecular formula is C31H38N2O8. The van der Waals surface area contributed by atoms with Crippen molar-refractivity contribution in [3.05, 3.63) is 76.9 Å². The molecule has 2 aromatic rings. The number of benzene rings is 2. The van der Waals surface area contributed by atoms with Gasteiger partial charge in [0.05, 0.1) is 39.4 Å². The lowest BCUT2D eigenvalue weighted by Gasteiger charge is -2.40. The second kappa shape index (κ2) is 13.7. The van der Waals surface area contributed by atoms with Gasteiger partial charge in [-0.05, 0) is 60.4 Å². The molecule has 0 spiro atoms. The zero-order chi connectivity index (χ0) is 29.5. The van der Waals surface area contributed by atoms with E-state index in [-0.39, 0.29) is 32.2 Å². The van der Waals surface area contributed by atoms with E-state index in [1.165, 1.54) is 13.2 Å². The molecule has 220 valence electrons. The van der Waals surface area contributed by atoms with Crippen LogP contribution in [0.2, 0.25) is 0 Å². The van der Waals surface area contributed by atoms with E-state index in [1.54, 1.807) is 36.3 Å². The van der Waals surface area contributed by atoms with E-state index in [0.29, 0.717) is 46.8 Å². The van der Waals surface area contributed by atoms with E-state index < -0.39 is 30.1 Å². The van der Waals surface area contributed by atoms with Gasteiger partial charge < -0.3 is 39.7 Å². The summed E-state index contributed by atoms with van der Waals surface area (Å²) in [6.45, 7) is 1.71. The number of aliphatic hydroxyl groups is 3. The van der Waals surface area contributed by atoms with E-state index in [9.17, 15) is 24.9 Å². The molecule has 4 N–H and O–H groups in total. The Morgan fingerprint density at radius 2 is 1.93 bits per heavy atom. The molecule has 10 nitrogen and oxygen atoms in total. The van der Waals surface area contributed by atoms with Gasteiger partial charge in [-0.3, -0.25) is 9.59 Å². The average Bonchev–Trinajstić information content (AvgIpc) is 3.39. The first-order chi connectivity index (χ1) is 19.9. The van der Waals surface area contributed by atoms with Crippen LogP contribution in [0.25, 0.3) is 0 Å².